The van der Waals surface area contributed by atoms with Crippen LogP contribution in [0.25, 0.3) is 23.0 Å². The number of aromatic nitrogens is 2. The average Bonchev–Trinajstić information content (AvgIpc) is 3.21. The number of aliphatic hydroxyl groups excluding tert-OH is 1. The largest absolute Gasteiger partial charge is 0.467 e. The fraction of sp³-hybridized carbons (Fsp3) is 0.136. The van der Waals surface area contributed by atoms with Crippen molar-refractivity contribution in [2.75, 3.05) is 13.7 Å². The first-order valence-electron chi connectivity index (χ1n) is 9.00. The highest BCUT2D eigenvalue weighted by Crippen LogP contribution is 2.24. The molecule has 1 amide bonds. The highest BCUT2D eigenvalue weighted by molar-refractivity contribution is 5.95. The Morgan fingerprint density at radius 1 is 1.14 bits per heavy atom. The molecule has 1 atom stereocenters. The third-order valence-electron chi connectivity index (χ3n) is 4.21. The van der Waals surface area contributed by atoms with Gasteiger partial charge >= 0.3 is 5.97 Å². The van der Waals surface area contributed by atoms with Gasteiger partial charge < -0.3 is 15.2 Å². The molecule has 0 bridgehead atoms. The highest BCUT2D eigenvalue weighted by Gasteiger charge is 2.19. The Morgan fingerprint density at radius 3 is 2.41 bits per heavy atom. The summed E-state index contributed by atoms with van der Waals surface area (Å²) in [7, 11) is 1.19. The molecule has 0 aliphatic heterocycles. The second-order valence-corrected chi connectivity index (χ2v) is 6.18. The van der Waals surface area contributed by atoms with Gasteiger partial charge in [0.25, 0.3) is 0 Å². The average molecular weight is 391 g/mol. The molecule has 7 nitrogen and oxygen atoms in total. The summed E-state index contributed by atoms with van der Waals surface area (Å²) in [6.45, 7) is -0.548. The molecule has 0 aliphatic carbocycles. The van der Waals surface area contributed by atoms with Crippen molar-refractivity contribution in [3.8, 4) is 16.9 Å². The second kappa shape index (κ2) is 9.48. The summed E-state index contributed by atoms with van der Waals surface area (Å²) in [5.41, 5.74) is 3.24. The number of ether oxygens (including phenoxy) is 1. The standard InChI is InChI=1S/C22H21N3O4/c1-29-22(28)19(15-26)23-20(27)13-12-17-14-25(18-10-6-3-7-11-18)24-21(17)16-8-4-2-5-9-16/h2-14,19,26H,15H2,1H3,(H,23,27)/b13-12+/t19-/m1/s1. The molecule has 7 heteroatoms. The molecular weight excluding hydrogens is 370 g/mol. The SMILES string of the molecule is COC(=O)[C@@H](CO)NC(=O)/C=C/c1cn(-c2ccccc2)nc1-c1ccccc1. The maximum Gasteiger partial charge on any atom is 0.330 e. The van der Waals surface area contributed by atoms with E-state index >= 15 is 0 Å². The lowest BCUT2D eigenvalue weighted by molar-refractivity contribution is -0.145. The molecule has 2 N–H and O–H groups in total. The van der Waals surface area contributed by atoms with E-state index in [-0.39, 0.29) is 0 Å². The van der Waals surface area contributed by atoms with Crippen LogP contribution in [0.5, 0.6) is 0 Å². The number of hydrogen-bond acceptors (Lipinski definition) is 5. The second-order valence-electron chi connectivity index (χ2n) is 6.18. The summed E-state index contributed by atoms with van der Waals surface area (Å²) >= 11 is 0. The van der Waals surface area contributed by atoms with E-state index in [0.717, 1.165) is 16.8 Å². The molecule has 0 saturated carbocycles. The van der Waals surface area contributed by atoms with Crippen molar-refractivity contribution in [2.45, 2.75) is 6.04 Å². The molecule has 0 fully saturated rings. The van der Waals surface area contributed by atoms with Crippen LogP contribution in [0.2, 0.25) is 0 Å². The topological polar surface area (TPSA) is 93.5 Å². The molecule has 3 rings (SSSR count). The smallest absolute Gasteiger partial charge is 0.330 e. The van der Waals surface area contributed by atoms with Crippen molar-refractivity contribution in [3.63, 3.8) is 0 Å². The van der Waals surface area contributed by atoms with Gasteiger partial charge in [0.05, 0.1) is 25.1 Å². The molecular formula is C22H21N3O4. The van der Waals surface area contributed by atoms with Crippen LogP contribution in [0.4, 0.5) is 0 Å². The number of amides is 1. The van der Waals surface area contributed by atoms with Crippen molar-refractivity contribution in [1.29, 1.82) is 0 Å². The highest BCUT2D eigenvalue weighted by atomic mass is 16.5. The molecule has 0 unspecified atom stereocenters. The molecule has 1 heterocycles. The van der Waals surface area contributed by atoms with E-state index < -0.39 is 24.5 Å². The summed E-state index contributed by atoms with van der Waals surface area (Å²) in [6.07, 6.45) is 4.74. The van der Waals surface area contributed by atoms with E-state index in [4.69, 9.17) is 0 Å². The fourth-order valence-electron chi connectivity index (χ4n) is 2.75. The van der Waals surface area contributed by atoms with Gasteiger partial charge in [-0.2, -0.15) is 5.10 Å². The van der Waals surface area contributed by atoms with Crippen LogP contribution in [-0.2, 0) is 14.3 Å². The Labute approximate surface area is 168 Å². The third kappa shape index (κ3) is 4.97. The van der Waals surface area contributed by atoms with E-state index in [9.17, 15) is 14.7 Å². The Bertz CT molecular complexity index is 997. The van der Waals surface area contributed by atoms with Crippen LogP contribution in [-0.4, -0.2) is 46.5 Å². The van der Waals surface area contributed by atoms with E-state index in [1.165, 1.54) is 13.2 Å². The third-order valence-corrected chi connectivity index (χ3v) is 4.21. The number of nitrogens with zero attached hydrogens (tertiary/aromatic N) is 2. The number of aliphatic hydroxyl groups is 1. The molecule has 0 radical (unpaired) electrons. The number of carbonyl (C=O) groups excluding carboxylic acids is 2. The quantitative estimate of drug-likeness (QED) is 0.476. The van der Waals surface area contributed by atoms with Gasteiger partial charge in [-0.25, -0.2) is 9.48 Å². The monoisotopic (exact) mass is 391 g/mol. The summed E-state index contributed by atoms with van der Waals surface area (Å²) in [4.78, 5) is 23.7. The van der Waals surface area contributed by atoms with Crippen LogP contribution in [0.3, 0.4) is 0 Å². The van der Waals surface area contributed by atoms with Gasteiger partial charge in [-0.15, -0.1) is 0 Å². The van der Waals surface area contributed by atoms with Crippen molar-refractivity contribution in [2.24, 2.45) is 0 Å². The first-order valence-corrected chi connectivity index (χ1v) is 9.00. The number of nitrogens with one attached hydrogen (secondary N) is 1. The summed E-state index contributed by atoms with van der Waals surface area (Å²) in [5, 5.41) is 16.3. The molecule has 0 spiro atoms. The van der Waals surface area contributed by atoms with Crippen LogP contribution < -0.4 is 5.32 Å². The van der Waals surface area contributed by atoms with E-state index in [1.54, 1.807) is 10.8 Å². The normalized spacial score (nSPS) is 11.9. The molecule has 1 aromatic heterocycles. The van der Waals surface area contributed by atoms with Crippen LogP contribution in [0, 0.1) is 0 Å². The minimum atomic E-state index is -1.11. The number of rotatable bonds is 7. The van der Waals surface area contributed by atoms with Gasteiger partial charge in [-0.3, -0.25) is 4.79 Å². The fourth-order valence-corrected chi connectivity index (χ4v) is 2.75. The molecule has 3 aromatic rings. The Balaban J connectivity index is 1.89. The summed E-state index contributed by atoms with van der Waals surface area (Å²) in [6, 6.07) is 18.2. The first-order chi connectivity index (χ1) is 14.1. The molecule has 148 valence electrons. The number of carbonyl (C=O) groups is 2. The number of methoxy groups -OCH3 is 1. The van der Waals surface area contributed by atoms with Crippen molar-refractivity contribution in [1.82, 2.24) is 15.1 Å². The molecule has 0 saturated heterocycles. The van der Waals surface area contributed by atoms with Gasteiger partial charge in [0.2, 0.25) is 5.91 Å². The van der Waals surface area contributed by atoms with Crippen molar-refractivity contribution < 1.29 is 19.4 Å². The van der Waals surface area contributed by atoms with E-state index in [1.807, 2.05) is 66.9 Å². The van der Waals surface area contributed by atoms with Gasteiger partial charge in [0.15, 0.2) is 6.04 Å². The van der Waals surface area contributed by atoms with Gasteiger partial charge in [-0.05, 0) is 18.2 Å². The predicted octanol–water partition coefficient (Wildman–Crippen LogP) is 2.20. The van der Waals surface area contributed by atoms with Gasteiger partial charge in [0.1, 0.15) is 0 Å². The van der Waals surface area contributed by atoms with Crippen molar-refractivity contribution >= 4 is 18.0 Å². The maximum atomic E-state index is 12.2. The van der Waals surface area contributed by atoms with Gasteiger partial charge in [0, 0.05) is 23.4 Å². The van der Waals surface area contributed by atoms with Crippen LogP contribution in [0.15, 0.2) is 72.9 Å². The first kappa shape index (κ1) is 20.0. The number of hydrogen-bond donors (Lipinski definition) is 2. The van der Waals surface area contributed by atoms with E-state index in [2.05, 4.69) is 15.2 Å². The zero-order valence-electron chi connectivity index (χ0n) is 15.9. The lowest BCUT2D eigenvalue weighted by Crippen LogP contribution is -2.43. The van der Waals surface area contributed by atoms with Crippen molar-refractivity contribution in [3.05, 3.63) is 78.5 Å². The molecule has 29 heavy (non-hydrogen) atoms. The Hall–Kier alpha value is -3.71. The van der Waals surface area contributed by atoms with Crippen LogP contribution >= 0.6 is 0 Å². The van der Waals surface area contributed by atoms with Crippen LogP contribution in [0.1, 0.15) is 5.56 Å². The molecule has 0 aliphatic rings. The Morgan fingerprint density at radius 2 is 1.79 bits per heavy atom. The number of para-hydroxylation sites is 1. The minimum absolute atomic E-state index is 0.527. The Kier molecular flexibility index (Phi) is 6.55. The van der Waals surface area contributed by atoms with Gasteiger partial charge in [-0.1, -0.05) is 48.5 Å². The number of benzene rings is 2. The molecule has 2 aromatic carbocycles. The lowest BCUT2D eigenvalue weighted by atomic mass is 10.1. The van der Waals surface area contributed by atoms with E-state index in [0.29, 0.717) is 5.69 Å². The minimum Gasteiger partial charge on any atom is -0.467 e. The number of esters is 1. The zero-order valence-corrected chi connectivity index (χ0v) is 15.9. The summed E-state index contributed by atoms with van der Waals surface area (Å²) < 4.78 is 6.29. The lowest BCUT2D eigenvalue weighted by Gasteiger charge is -2.11. The predicted molar refractivity (Wildman–Crippen MR) is 109 cm³/mol. The maximum absolute atomic E-state index is 12.2. The summed E-state index contributed by atoms with van der Waals surface area (Å²) in [5.74, 6) is -1.24. The zero-order chi connectivity index (χ0) is 20.6.